The maximum absolute atomic E-state index is 12.3. The number of nitro benzene ring substituents is 1. The Kier molecular flexibility index (Phi) is 4.64. The second-order valence-electron chi connectivity index (χ2n) is 5.30. The quantitative estimate of drug-likeness (QED) is 0.521. The molecule has 0 aliphatic rings. The number of non-ortho nitro benzene ring substituents is 1. The van der Waals surface area contributed by atoms with E-state index in [0.29, 0.717) is 10.6 Å². The zero-order valence-electron chi connectivity index (χ0n) is 12.9. The van der Waals surface area contributed by atoms with Crippen LogP contribution in [0, 0.1) is 10.1 Å². The van der Waals surface area contributed by atoms with Gasteiger partial charge in [-0.1, -0.05) is 12.1 Å². The maximum atomic E-state index is 12.3. The Labute approximate surface area is 146 Å². The van der Waals surface area contributed by atoms with Gasteiger partial charge in [0.25, 0.3) is 11.6 Å². The number of carbonyl (C=O) groups excluding carboxylic acids is 1. The Bertz CT molecular complexity index is 840. The predicted molar refractivity (Wildman–Crippen MR) is 91.5 cm³/mol. The third-order valence-electron chi connectivity index (χ3n) is 3.68. The Morgan fingerprint density at radius 2 is 2.12 bits per heavy atom. The summed E-state index contributed by atoms with van der Waals surface area (Å²) >= 11 is 1.33. The molecule has 0 fully saturated rings. The van der Waals surface area contributed by atoms with Crippen LogP contribution in [0.5, 0.6) is 0 Å². The van der Waals surface area contributed by atoms with Crippen LogP contribution in [0.3, 0.4) is 0 Å². The summed E-state index contributed by atoms with van der Waals surface area (Å²) in [6, 6.07) is 12.2. The molecule has 0 bridgehead atoms. The second-order valence-corrected chi connectivity index (χ2v) is 6.25. The Hall–Kier alpha value is -2.97. The van der Waals surface area contributed by atoms with Crippen molar-refractivity contribution in [3.8, 4) is 0 Å². The van der Waals surface area contributed by atoms with E-state index < -0.39 is 16.4 Å². The summed E-state index contributed by atoms with van der Waals surface area (Å²) in [5.74, 6) is -0.223. The number of hydrogen-bond acceptors (Lipinski definition) is 6. The molecule has 0 spiro atoms. The fourth-order valence-electron chi connectivity index (χ4n) is 2.39. The van der Waals surface area contributed by atoms with Crippen molar-refractivity contribution in [2.45, 2.75) is 5.60 Å². The zero-order chi connectivity index (χ0) is 17.9. The van der Waals surface area contributed by atoms with E-state index in [1.807, 2.05) is 5.38 Å². The largest absolute Gasteiger partial charge is 0.466 e. The van der Waals surface area contributed by atoms with E-state index in [0.717, 1.165) is 0 Å². The van der Waals surface area contributed by atoms with Crippen molar-refractivity contribution in [1.82, 2.24) is 5.32 Å². The number of furan rings is 1. The van der Waals surface area contributed by atoms with Gasteiger partial charge < -0.3 is 14.8 Å². The van der Waals surface area contributed by atoms with Crippen LogP contribution in [0.2, 0.25) is 0 Å². The lowest BCUT2D eigenvalue weighted by molar-refractivity contribution is -0.384. The SMILES string of the molecule is O=C(NCC(O)(c1ccco1)c1cccs1)c1cccc([N+](=O)[O-])c1. The smallest absolute Gasteiger partial charge is 0.270 e. The van der Waals surface area contributed by atoms with Crippen LogP contribution in [0.25, 0.3) is 0 Å². The van der Waals surface area contributed by atoms with Crippen molar-refractivity contribution in [2.75, 3.05) is 6.54 Å². The molecule has 1 aromatic carbocycles. The minimum atomic E-state index is -1.52. The molecule has 0 saturated carbocycles. The number of thiophene rings is 1. The minimum Gasteiger partial charge on any atom is -0.466 e. The topological polar surface area (TPSA) is 106 Å². The predicted octanol–water partition coefficient (Wildman–Crippen LogP) is 2.92. The van der Waals surface area contributed by atoms with Crippen molar-refractivity contribution >= 4 is 22.9 Å². The molecule has 1 unspecified atom stereocenters. The highest BCUT2D eigenvalue weighted by atomic mass is 32.1. The first-order chi connectivity index (χ1) is 12.0. The van der Waals surface area contributed by atoms with E-state index in [4.69, 9.17) is 4.42 Å². The van der Waals surface area contributed by atoms with Crippen molar-refractivity contribution in [3.05, 3.63) is 86.5 Å². The normalized spacial score (nSPS) is 13.2. The van der Waals surface area contributed by atoms with Crippen molar-refractivity contribution in [3.63, 3.8) is 0 Å². The lowest BCUT2D eigenvalue weighted by Gasteiger charge is -2.25. The van der Waals surface area contributed by atoms with Gasteiger partial charge in [-0.15, -0.1) is 11.3 Å². The average molecular weight is 358 g/mol. The molecule has 7 nitrogen and oxygen atoms in total. The number of carbonyl (C=O) groups is 1. The molecule has 128 valence electrons. The molecule has 8 heteroatoms. The van der Waals surface area contributed by atoms with E-state index in [-0.39, 0.29) is 17.8 Å². The van der Waals surface area contributed by atoms with E-state index in [1.54, 1.807) is 24.3 Å². The van der Waals surface area contributed by atoms with Crippen molar-refractivity contribution in [2.24, 2.45) is 0 Å². The van der Waals surface area contributed by atoms with Gasteiger partial charge >= 0.3 is 0 Å². The highest BCUT2D eigenvalue weighted by Gasteiger charge is 2.36. The van der Waals surface area contributed by atoms with Gasteiger partial charge in [0.05, 0.1) is 17.7 Å². The van der Waals surface area contributed by atoms with Crippen molar-refractivity contribution < 1.29 is 19.2 Å². The molecule has 3 rings (SSSR count). The number of nitro groups is 1. The number of nitrogens with one attached hydrogen (secondary N) is 1. The van der Waals surface area contributed by atoms with Gasteiger partial charge in [0.15, 0.2) is 5.60 Å². The molecule has 0 saturated heterocycles. The molecule has 2 N–H and O–H groups in total. The second kappa shape index (κ2) is 6.88. The molecule has 2 heterocycles. The summed E-state index contributed by atoms with van der Waals surface area (Å²) in [5.41, 5.74) is -1.55. The summed E-state index contributed by atoms with van der Waals surface area (Å²) in [7, 11) is 0. The van der Waals surface area contributed by atoms with Crippen molar-refractivity contribution in [1.29, 1.82) is 0 Å². The molecular formula is C17H14N2O5S. The van der Waals surface area contributed by atoms with Crippen LogP contribution < -0.4 is 5.32 Å². The van der Waals surface area contributed by atoms with Gasteiger partial charge in [0.1, 0.15) is 5.76 Å². The number of aliphatic hydroxyl groups is 1. The Morgan fingerprint density at radius 1 is 1.28 bits per heavy atom. The molecule has 0 aliphatic heterocycles. The van der Waals surface area contributed by atoms with Crippen LogP contribution in [0.4, 0.5) is 5.69 Å². The Morgan fingerprint density at radius 3 is 2.76 bits per heavy atom. The minimum absolute atomic E-state index is 0.136. The molecule has 0 radical (unpaired) electrons. The summed E-state index contributed by atoms with van der Waals surface area (Å²) in [5, 5.41) is 26.3. The van der Waals surface area contributed by atoms with Gasteiger partial charge in [-0.2, -0.15) is 0 Å². The highest BCUT2D eigenvalue weighted by Crippen LogP contribution is 2.32. The van der Waals surface area contributed by atoms with Gasteiger partial charge in [-0.3, -0.25) is 14.9 Å². The van der Waals surface area contributed by atoms with Gasteiger partial charge in [-0.05, 0) is 29.6 Å². The zero-order valence-corrected chi connectivity index (χ0v) is 13.7. The number of benzene rings is 1. The van der Waals surface area contributed by atoms with Gasteiger partial charge in [0, 0.05) is 22.6 Å². The number of nitrogens with zero attached hydrogens (tertiary/aromatic N) is 1. The fourth-order valence-corrected chi connectivity index (χ4v) is 3.22. The molecule has 0 aliphatic carbocycles. The van der Waals surface area contributed by atoms with Crippen LogP contribution in [-0.2, 0) is 5.60 Å². The lowest BCUT2D eigenvalue weighted by atomic mass is 9.98. The first-order valence-corrected chi connectivity index (χ1v) is 8.21. The third-order valence-corrected chi connectivity index (χ3v) is 4.70. The first kappa shape index (κ1) is 16.9. The Balaban J connectivity index is 1.81. The molecule has 25 heavy (non-hydrogen) atoms. The number of rotatable bonds is 6. The van der Waals surface area contributed by atoms with E-state index in [1.165, 1.54) is 41.9 Å². The molecular weight excluding hydrogens is 344 g/mol. The van der Waals surface area contributed by atoms with Crippen LogP contribution >= 0.6 is 11.3 Å². The molecule has 1 amide bonds. The van der Waals surface area contributed by atoms with Gasteiger partial charge in [-0.25, -0.2) is 0 Å². The fraction of sp³-hybridized carbons (Fsp3) is 0.118. The summed E-state index contributed by atoms with van der Waals surface area (Å²) in [4.78, 5) is 23.2. The standard InChI is InChI=1S/C17H14N2O5S/c20-16(12-4-1-5-13(10-12)19(22)23)18-11-17(21,14-6-2-8-24-14)15-7-3-9-25-15/h1-10,21H,11H2,(H,18,20). The third kappa shape index (κ3) is 3.44. The summed E-state index contributed by atoms with van der Waals surface area (Å²) in [6.45, 7) is -0.136. The van der Waals surface area contributed by atoms with Crippen LogP contribution in [0.1, 0.15) is 21.0 Å². The average Bonchev–Trinajstić information content (AvgIpc) is 3.33. The first-order valence-electron chi connectivity index (χ1n) is 7.34. The van der Waals surface area contributed by atoms with Crippen LogP contribution in [0.15, 0.2) is 64.6 Å². The maximum Gasteiger partial charge on any atom is 0.270 e. The van der Waals surface area contributed by atoms with E-state index in [2.05, 4.69) is 5.32 Å². The van der Waals surface area contributed by atoms with Gasteiger partial charge in [0.2, 0.25) is 0 Å². The molecule has 1 atom stereocenters. The van der Waals surface area contributed by atoms with E-state index in [9.17, 15) is 20.0 Å². The van der Waals surface area contributed by atoms with E-state index >= 15 is 0 Å². The summed E-state index contributed by atoms with van der Waals surface area (Å²) < 4.78 is 5.33. The monoisotopic (exact) mass is 358 g/mol. The highest BCUT2D eigenvalue weighted by molar-refractivity contribution is 7.10. The lowest BCUT2D eigenvalue weighted by Crippen LogP contribution is -2.41. The number of hydrogen-bond donors (Lipinski definition) is 2. The summed E-state index contributed by atoms with van der Waals surface area (Å²) in [6.07, 6.45) is 1.44. The van der Waals surface area contributed by atoms with Crippen LogP contribution in [-0.4, -0.2) is 22.5 Å². The number of amides is 1. The molecule has 3 aromatic rings. The molecule has 2 aromatic heterocycles.